The summed E-state index contributed by atoms with van der Waals surface area (Å²) in [5, 5.41) is 0. The van der Waals surface area contributed by atoms with Gasteiger partial charge in [0.05, 0.1) is 0 Å². The minimum atomic E-state index is 0.551. The van der Waals surface area contributed by atoms with E-state index < -0.39 is 0 Å². The number of nitrogens with zero attached hydrogens (tertiary/aromatic N) is 2. The number of rotatable bonds is 1. The molecular weight excluding hydrogens is 174 g/mol. The quantitative estimate of drug-likeness (QED) is 0.739. The summed E-state index contributed by atoms with van der Waals surface area (Å²) in [5.74, 6) is 0.551. The Morgan fingerprint density at radius 1 is 1.29 bits per heavy atom. The summed E-state index contributed by atoms with van der Waals surface area (Å²) in [6.07, 6.45) is 5.35. The summed E-state index contributed by atoms with van der Waals surface area (Å²) >= 11 is 0. The van der Waals surface area contributed by atoms with Gasteiger partial charge in [0.1, 0.15) is 5.82 Å². The van der Waals surface area contributed by atoms with Crippen molar-refractivity contribution < 1.29 is 0 Å². The Morgan fingerprint density at radius 2 is 2.14 bits per heavy atom. The lowest BCUT2D eigenvalue weighted by molar-refractivity contribution is 1.27. The van der Waals surface area contributed by atoms with E-state index in [4.69, 9.17) is 5.73 Å². The molecule has 0 bridgehead atoms. The molecule has 70 valence electrons. The van der Waals surface area contributed by atoms with Gasteiger partial charge in [-0.15, -0.1) is 0 Å². The van der Waals surface area contributed by atoms with Crippen LogP contribution in [0.25, 0.3) is 11.1 Å². The number of nitrogen functional groups attached to an aromatic ring is 1. The van der Waals surface area contributed by atoms with Crippen molar-refractivity contribution in [1.82, 2.24) is 9.97 Å². The smallest absolute Gasteiger partial charge is 0.123 e. The zero-order valence-corrected chi connectivity index (χ0v) is 7.94. The third-order valence-corrected chi connectivity index (χ3v) is 2.10. The van der Waals surface area contributed by atoms with Gasteiger partial charge in [-0.1, -0.05) is 6.07 Å². The van der Waals surface area contributed by atoms with Crippen LogP contribution in [0.4, 0.5) is 5.82 Å². The van der Waals surface area contributed by atoms with Gasteiger partial charge in [-0.2, -0.15) is 0 Å². The molecule has 14 heavy (non-hydrogen) atoms. The monoisotopic (exact) mass is 185 g/mol. The van der Waals surface area contributed by atoms with E-state index >= 15 is 0 Å². The molecule has 0 aliphatic carbocycles. The van der Waals surface area contributed by atoms with E-state index in [2.05, 4.69) is 9.97 Å². The molecule has 2 rings (SSSR count). The molecule has 2 aromatic heterocycles. The lowest BCUT2D eigenvalue weighted by atomic mass is 10.1. The Labute approximate surface area is 82.6 Å². The first-order valence-electron chi connectivity index (χ1n) is 4.40. The first kappa shape index (κ1) is 8.69. The number of hydrogen-bond donors (Lipinski definition) is 1. The van der Waals surface area contributed by atoms with Crippen LogP contribution >= 0.6 is 0 Å². The maximum Gasteiger partial charge on any atom is 0.123 e. The number of aromatic nitrogens is 2. The minimum Gasteiger partial charge on any atom is -0.384 e. The molecule has 0 radical (unpaired) electrons. The van der Waals surface area contributed by atoms with Gasteiger partial charge in [-0.3, -0.25) is 4.98 Å². The highest BCUT2D eigenvalue weighted by molar-refractivity contribution is 5.66. The molecule has 3 nitrogen and oxygen atoms in total. The second-order valence-corrected chi connectivity index (χ2v) is 3.17. The molecule has 0 saturated carbocycles. The fourth-order valence-electron chi connectivity index (χ4n) is 1.40. The summed E-state index contributed by atoms with van der Waals surface area (Å²) in [6.45, 7) is 2.01. The number of aryl methyl sites for hydroxylation is 1. The lowest BCUT2D eigenvalue weighted by Gasteiger charge is -2.04. The molecule has 3 heteroatoms. The van der Waals surface area contributed by atoms with Gasteiger partial charge in [0.25, 0.3) is 0 Å². The van der Waals surface area contributed by atoms with Gasteiger partial charge in [0.15, 0.2) is 0 Å². The molecule has 0 fully saturated rings. The maximum atomic E-state index is 5.58. The molecule has 2 heterocycles. The molecule has 0 amide bonds. The topological polar surface area (TPSA) is 51.8 Å². The lowest BCUT2D eigenvalue weighted by Crippen LogP contribution is -1.92. The molecule has 0 atom stereocenters. The average molecular weight is 185 g/mol. The van der Waals surface area contributed by atoms with Gasteiger partial charge in [-0.05, 0) is 24.6 Å². The first-order valence-corrected chi connectivity index (χ1v) is 4.40. The molecule has 0 saturated heterocycles. The molecule has 0 unspecified atom stereocenters. The van der Waals surface area contributed by atoms with E-state index in [-0.39, 0.29) is 0 Å². The Bertz CT molecular complexity index is 438. The Kier molecular flexibility index (Phi) is 2.14. The highest BCUT2D eigenvalue weighted by Crippen LogP contribution is 2.22. The van der Waals surface area contributed by atoms with E-state index in [0.29, 0.717) is 5.82 Å². The fraction of sp³-hybridized carbons (Fsp3) is 0.0909. The highest BCUT2D eigenvalue weighted by Gasteiger charge is 2.01. The van der Waals surface area contributed by atoms with Gasteiger partial charge in [0.2, 0.25) is 0 Å². The maximum absolute atomic E-state index is 5.58. The molecular formula is C11H11N3. The van der Waals surface area contributed by atoms with Crippen molar-refractivity contribution in [2.24, 2.45) is 0 Å². The second-order valence-electron chi connectivity index (χ2n) is 3.17. The predicted octanol–water partition coefficient (Wildman–Crippen LogP) is 2.03. The Morgan fingerprint density at radius 3 is 2.79 bits per heavy atom. The second kappa shape index (κ2) is 3.46. The summed E-state index contributed by atoms with van der Waals surface area (Å²) < 4.78 is 0. The van der Waals surface area contributed by atoms with Crippen LogP contribution in [-0.2, 0) is 0 Å². The molecule has 0 spiro atoms. The van der Waals surface area contributed by atoms with E-state index in [1.807, 2.05) is 31.3 Å². The van der Waals surface area contributed by atoms with Crippen LogP contribution in [-0.4, -0.2) is 9.97 Å². The molecule has 2 aromatic rings. The largest absolute Gasteiger partial charge is 0.384 e. The first-order chi connectivity index (χ1) is 6.77. The van der Waals surface area contributed by atoms with Crippen molar-refractivity contribution in [2.45, 2.75) is 6.92 Å². The van der Waals surface area contributed by atoms with Gasteiger partial charge in [0, 0.05) is 29.7 Å². The zero-order valence-electron chi connectivity index (χ0n) is 7.94. The third-order valence-electron chi connectivity index (χ3n) is 2.10. The van der Waals surface area contributed by atoms with Crippen molar-refractivity contribution in [3.05, 3.63) is 42.4 Å². The van der Waals surface area contributed by atoms with Crippen LogP contribution in [0.1, 0.15) is 5.56 Å². The van der Waals surface area contributed by atoms with Crippen molar-refractivity contribution >= 4 is 5.82 Å². The number of pyridine rings is 2. The van der Waals surface area contributed by atoms with E-state index in [1.54, 1.807) is 12.4 Å². The van der Waals surface area contributed by atoms with Crippen LogP contribution in [0, 0.1) is 6.92 Å². The molecule has 2 N–H and O–H groups in total. The normalized spacial score (nSPS) is 10.1. The molecule has 0 aliphatic rings. The zero-order chi connectivity index (χ0) is 9.97. The predicted molar refractivity (Wildman–Crippen MR) is 56.6 cm³/mol. The Hall–Kier alpha value is -1.90. The summed E-state index contributed by atoms with van der Waals surface area (Å²) in [4.78, 5) is 8.13. The van der Waals surface area contributed by atoms with Crippen LogP contribution in [0.2, 0.25) is 0 Å². The summed E-state index contributed by atoms with van der Waals surface area (Å²) in [7, 11) is 0. The van der Waals surface area contributed by atoms with Crippen LogP contribution in [0.5, 0.6) is 0 Å². The highest BCUT2D eigenvalue weighted by atomic mass is 14.8. The summed E-state index contributed by atoms with van der Waals surface area (Å²) in [5.41, 5.74) is 8.84. The third kappa shape index (κ3) is 1.57. The number of nitrogens with two attached hydrogens (primary N) is 1. The van der Waals surface area contributed by atoms with Crippen molar-refractivity contribution in [1.29, 1.82) is 0 Å². The Balaban J connectivity index is 2.53. The standard InChI is InChI=1S/C11H11N3/c1-8-5-11(12)14-7-10(8)9-3-2-4-13-6-9/h2-7H,1H3,(H2,12,14). The van der Waals surface area contributed by atoms with Crippen molar-refractivity contribution in [2.75, 3.05) is 5.73 Å². The average Bonchev–Trinajstić information content (AvgIpc) is 2.19. The molecule has 0 aliphatic heterocycles. The minimum absolute atomic E-state index is 0.551. The van der Waals surface area contributed by atoms with E-state index in [1.165, 1.54) is 0 Å². The van der Waals surface area contributed by atoms with E-state index in [9.17, 15) is 0 Å². The van der Waals surface area contributed by atoms with Crippen LogP contribution in [0.3, 0.4) is 0 Å². The van der Waals surface area contributed by atoms with Gasteiger partial charge in [-0.25, -0.2) is 4.98 Å². The van der Waals surface area contributed by atoms with Crippen molar-refractivity contribution in [3.63, 3.8) is 0 Å². The van der Waals surface area contributed by atoms with Crippen LogP contribution in [0.15, 0.2) is 36.8 Å². The van der Waals surface area contributed by atoms with Crippen molar-refractivity contribution in [3.8, 4) is 11.1 Å². The fourth-order valence-corrected chi connectivity index (χ4v) is 1.40. The van der Waals surface area contributed by atoms with Gasteiger partial charge < -0.3 is 5.73 Å². The van der Waals surface area contributed by atoms with Gasteiger partial charge >= 0.3 is 0 Å². The van der Waals surface area contributed by atoms with E-state index in [0.717, 1.165) is 16.7 Å². The SMILES string of the molecule is Cc1cc(N)ncc1-c1cccnc1. The number of hydrogen-bond acceptors (Lipinski definition) is 3. The van der Waals surface area contributed by atoms with Crippen LogP contribution < -0.4 is 5.73 Å². The molecule has 0 aromatic carbocycles. The summed E-state index contributed by atoms with van der Waals surface area (Å²) in [6, 6.07) is 5.78. The number of anilines is 1.